The van der Waals surface area contributed by atoms with Crippen molar-refractivity contribution < 1.29 is 9.53 Å². The van der Waals surface area contributed by atoms with Gasteiger partial charge in [0.2, 0.25) is 0 Å². The number of aldehydes is 1. The third kappa shape index (κ3) is 2.34. The zero-order chi connectivity index (χ0) is 16.0. The zero-order valence-corrected chi connectivity index (χ0v) is 14.0. The molecule has 22 heavy (non-hydrogen) atoms. The van der Waals surface area contributed by atoms with E-state index in [9.17, 15) is 4.79 Å². The van der Waals surface area contributed by atoms with Crippen molar-refractivity contribution in [3.8, 4) is 0 Å². The predicted octanol–water partition coefficient (Wildman–Crippen LogP) is 4.28. The second kappa shape index (κ2) is 5.34. The minimum Gasteiger partial charge on any atom is -0.376 e. The molecular formula is C20H26O2. The summed E-state index contributed by atoms with van der Waals surface area (Å²) < 4.78 is 6.15. The average Bonchev–Trinajstić information content (AvgIpc) is 2.88. The summed E-state index contributed by atoms with van der Waals surface area (Å²) in [6.45, 7) is 9.22. The van der Waals surface area contributed by atoms with Crippen LogP contribution < -0.4 is 0 Å². The number of carbonyl (C=O) groups excluding carboxylic acids is 1. The Balaban J connectivity index is 2.02. The van der Waals surface area contributed by atoms with Gasteiger partial charge >= 0.3 is 0 Å². The van der Waals surface area contributed by atoms with Crippen molar-refractivity contribution in [1.82, 2.24) is 0 Å². The largest absolute Gasteiger partial charge is 0.376 e. The predicted molar refractivity (Wildman–Crippen MR) is 88.9 cm³/mol. The van der Waals surface area contributed by atoms with E-state index >= 15 is 0 Å². The van der Waals surface area contributed by atoms with E-state index in [1.807, 2.05) is 0 Å². The fourth-order valence-electron chi connectivity index (χ4n) is 4.14. The van der Waals surface area contributed by atoms with E-state index in [-0.39, 0.29) is 23.4 Å². The van der Waals surface area contributed by atoms with Gasteiger partial charge in [-0.05, 0) is 24.3 Å². The first kappa shape index (κ1) is 15.5. The van der Waals surface area contributed by atoms with Crippen molar-refractivity contribution >= 4 is 6.29 Å². The van der Waals surface area contributed by atoms with Crippen LogP contribution in [0.4, 0.5) is 0 Å². The average molecular weight is 298 g/mol. The summed E-state index contributed by atoms with van der Waals surface area (Å²) in [7, 11) is 0. The summed E-state index contributed by atoms with van der Waals surface area (Å²) in [6.07, 6.45) is 6.66. The van der Waals surface area contributed by atoms with E-state index in [1.165, 1.54) is 17.4 Å². The summed E-state index contributed by atoms with van der Waals surface area (Å²) in [4.78, 5) is 12.2. The zero-order valence-electron chi connectivity index (χ0n) is 14.0. The molecule has 0 radical (unpaired) electrons. The van der Waals surface area contributed by atoms with Crippen LogP contribution in [0, 0.1) is 23.7 Å². The van der Waals surface area contributed by atoms with Crippen LogP contribution in [0.5, 0.6) is 0 Å². The summed E-state index contributed by atoms with van der Waals surface area (Å²) in [5.41, 5.74) is 2.13. The number of benzene rings is 1. The Labute approximate surface area is 133 Å². The van der Waals surface area contributed by atoms with Gasteiger partial charge in [-0.25, -0.2) is 0 Å². The molecule has 2 heteroatoms. The first-order chi connectivity index (χ1) is 10.4. The van der Waals surface area contributed by atoms with E-state index in [4.69, 9.17) is 4.74 Å². The Hall–Kier alpha value is -1.41. The number of carbonyl (C=O) groups is 1. The summed E-state index contributed by atoms with van der Waals surface area (Å²) in [5, 5.41) is 0. The van der Waals surface area contributed by atoms with E-state index in [2.05, 4.69) is 64.1 Å². The van der Waals surface area contributed by atoms with E-state index in [1.54, 1.807) is 0 Å². The highest BCUT2D eigenvalue weighted by Crippen LogP contribution is 2.55. The molecular weight excluding hydrogens is 272 g/mol. The second-order valence-corrected chi connectivity index (χ2v) is 7.98. The van der Waals surface area contributed by atoms with Crippen LogP contribution in [0.2, 0.25) is 0 Å². The van der Waals surface area contributed by atoms with Crippen LogP contribution in [-0.2, 0) is 9.53 Å². The smallest absolute Gasteiger partial charge is 0.129 e. The Morgan fingerprint density at radius 3 is 2.50 bits per heavy atom. The van der Waals surface area contributed by atoms with Gasteiger partial charge in [-0.3, -0.25) is 0 Å². The van der Waals surface area contributed by atoms with Crippen molar-refractivity contribution in [3.63, 3.8) is 0 Å². The Morgan fingerprint density at radius 1 is 1.23 bits per heavy atom. The molecule has 1 aromatic rings. The summed E-state index contributed by atoms with van der Waals surface area (Å²) >= 11 is 0. The van der Waals surface area contributed by atoms with Crippen molar-refractivity contribution in [2.45, 2.75) is 46.1 Å². The maximum absolute atomic E-state index is 12.2. The first-order valence-electron chi connectivity index (χ1n) is 8.19. The lowest BCUT2D eigenvalue weighted by Crippen LogP contribution is -2.43. The molecule has 1 aromatic carbocycles. The third-order valence-corrected chi connectivity index (χ3v) is 5.38. The normalized spacial score (nSPS) is 34.5. The maximum atomic E-state index is 12.2. The molecule has 1 saturated heterocycles. The lowest BCUT2D eigenvalue weighted by atomic mass is 9.59. The molecule has 0 saturated carbocycles. The van der Waals surface area contributed by atoms with Crippen LogP contribution in [-0.4, -0.2) is 19.0 Å². The summed E-state index contributed by atoms with van der Waals surface area (Å²) in [6, 6.07) is 8.62. The molecule has 3 rings (SSSR count). The molecule has 0 spiro atoms. The lowest BCUT2D eigenvalue weighted by molar-refractivity contribution is -0.118. The molecule has 0 aromatic heterocycles. The molecule has 1 aliphatic carbocycles. The van der Waals surface area contributed by atoms with Crippen molar-refractivity contribution in [2.75, 3.05) is 6.61 Å². The SMILES string of the molecule is Cc1ccc([C@H]2CC=C[C@@H]3[C@@H](C(C)(C)C)OC[C@]23C=O)cc1. The Bertz CT molecular complexity index is 579. The minimum atomic E-state index is -0.415. The molecule has 1 fully saturated rings. The first-order valence-corrected chi connectivity index (χ1v) is 8.19. The highest BCUT2D eigenvalue weighted by atomic mass is 16.5. The number of rotatable bonds is 2. The quantitative estimate of drug-likeness (QED) is 0.601. The van der Waals surface area contributed by atoms with Gasteiger partial charge in [0.25, 0.3) is 0 Å². The van der Waals surface area contributed by atoms with Crippen LogP contribution in [0.25, 0.3) is 0 Å². The van der Waals surface area contributed by atoms with E-state index < -0.39 is 5.41 Å². The lowest BCUT2D eigenvalue weighted by Gasteiger charge is -2.41. The molecule has 0 unspecified atom stereocenters. The molecule has 118 valence electrons. The van der Waals surface area contributed by atoms with Crippen LogP contribution >= 0.6 is 0 Å². The molecule has 1 aliphatic heterocycles. The summed E-state index contributed by atoms with van der Waals surface area (Å²) in [5.74, 6) is 0.387. The molecule has 1 heterocycles. The van der Waals surface area contributed by atoms with Gasteiger partial charge in [0.1, 0.15) is 6.29 Å². The van der Waals surface area contributed by atoms with Crippen molar-refractivity contribution in [3.05, 3.63) is 47.5 Å². The number of hydrogen-bond donors (Lipinski definition) is 0. The van der Waals surface area contributed by atoms with Gasteiger partial charge in [-0.15, -0.1) is 0 Å². The van der Waals surface area contributed by atoms with Gasteiger partial charge in [-0.1, -0.05) is 62.8 Å². The van der Waals surface area contributed by atoms with Gasteiger partial charge in [-0.2, -0.15) is 0 Å². The second-order valence-electron chi connectivity index (χ2n) is 7.98. The Morgan fingerprint density at radius 2 is 1.91 bits per heavy atom. The number of ether oxygens (including phenoxy) is 1. The number of allylic oxidation sites excluding steroid dienone is 1. The number of aryl methyl sites for hydroxylation is 1. The van der Waals surface area contributed by atoms with Gasteiger partial charge in [0, 0.05) is 11.8 Å². The third-order valence-electron chi connectivity index (χ3n) is 5.38. The van der Waals surface area contributed by atoms with E-state index in [0.717, 1.165) is 6.42 Å². The molecule has 0 N–H and O–H groups in total. The topological polar surface area (TPSA) is 26.3 Å². The standard InChI is InChI=1S/C20H26O2/c1-14-8-10-15(11-9-14)16-6-5-7-17-18(19(2,3)4)22-13-20(16,17)12-21/h5,7-12,16-18H,6,13H2,1-4H3/t16-,17-,18+,20-/m1/s1. The fourth-order valence-corrected chi connectivity index (χ4v) is 4.14. The van der Waals surface area contributed by atoms with Crippen LogP contribution in [0.1, 0.15) is 44.2 Å². The van der Waals surface area contributed by atoms with Crippen molar-refractivity contribution in [1.29, 1.82) is 0 Å². The van der Waals surface area contributed by atoms with E-state index in [0.29, 0.717) is 6.61 Å². The highest BCUT2D eigenvalue weighted by molar-refractivity contribution is 5.65. The van der Waals surface area contributed by atoms with Crippen molar-refractivity contribution in [2.24, 2.45) is 16.7 Å². The monoisotopic (exact) mass is 298 g/mol. The highest BCUT2D eigenvalue weighted by Gasteiger charge is 2.57. The molecule has 0 bridgehead atoms. The maximum Gasteiger partial charge on any atom is 0.129 e. The van der Waals surface area contributed by atoms with Crippen LogP contribution in [0.3, 0.4) is 0 Å². The number of hydrogen-bond acceptors (Lipinski definition) is 2. The molecule has 4 atom stereocenters. The van der Waals surface area contributed by atoms with Crippen LogP contribution in [0.15, 0.2) is 36.4 Å². The fraction of sp³-hybridized carbons (Fsp3) is 0.550. The number of fused-ring (bicyclic) bond motifs is 1. The van der Waals surface area contributed by atoms with Gasteiger partial charge < -0.3 is 9.53 Å². The molecule has 0 amide bonds. The minimum absolute atomic E-state index is 0.0366. The Kier molecular flexibility index (Phi) is 3.76. The van der Waals surface area contributed by atoms with Gasteiger partial charge in [0.15, 0.2) is 0 Å². The van der Waals surface area contributed by atoms with Gasteiger partial charge in [0.05, 0.1) is 18.1 Å². The molecule has 2 nitrogen and oxygen atoms in total. The molecule has 2 aliphatic rings.